The van der Waals surface area contributed by atoms with E-state index in [2.05, 4.69) is 5.32 Å². The Morgan fingerprint density at radius 3 is 2.58 bits per heavy atom. The van der Waals surface area contributed by atoms with Crippen molar-refractivity contribution in [3.63, 3.8) is 0 Å². The third kappa shape index (κ3) is 4.09. The van der Waals surface area contributed by atoms with Crippen LogP contribution in [0, 0.1) is 5.92 Å². The van der Waals surface area contributed by atoms with Gasteiger partial charge in [0.2, 0.25) is 5.91 Å². The van der Waals surface area contributed by atoms with Gasteiger partial charge in [-0.1, -0.05) is 28.7 Å². The Hall–Kier alpha value is -0.710. The lowest BCUT2D eigenvalue weighted by atomic mass is 10.0. The molecule has 1 fully saturated rings. The van der Waals surface area contributed by atoms with Gasteiger partial charge in [-0.2, -0.15) is 0 Å². The SMILES string of the molecule is CO[C@H]1C[C@@H](N)[C@@H](C(=O)Nc2cccc(S(=O)(=O)C(C)(C)I)c2)C1. The molecule has 134 valence electrons. The number of nitrogens with two attached hydrogens (primary N) is 1. The van der Waals surface area contributed by atoms with E-state index in [9.17, 15) is 13.2 Å². The maximum atomic E-state index is 12.5. The van der Waals surface area contributed by atoms with Crippen LogP contribution in [0.1, 0.15) is 26.7 Å². The highest BCUT2D eigenvalue weighted by atomic mass is 127. The number of benzene rings is 1. The van der Waals surface area contributed by atoms with E-state index in [4.69, 9.17) is 10.5 Å². The van der Waals surface area contributed by atoms with Crippen molar-refractivity contribution < 1.29 is 17.9 Å². The summed E-state index contributed by atoms with van der Waals surface area (Å²) in [6.07, 6.45) is 1.20. The average Bonchev–Trinajstić information content (AvgIpc) is 2.87. The number of amides is 1. The minimum atomic E-state index is -3.49. The molecule has 0 saturated heterocycles. The smallest absolute Gasteiger partial charge is 0.229 e. The Bertz CT molecular complexity index is 715. The van der Waals surface area contributed by atoms with Crippen LogP contribution < -0.4 is 11.1 Å². The maximum Gasteiger partial charge on any atom is 0.229 e. The lowest BCUT2D eigenvalue weighted by Gasteiger charge is -2.19. The van der Waals surface area contributed by atoms with Crippen LogP contribution >= 0.6 is 22.6 Å². The molecule has 1 aliphatic carbocycles. The van der Waals surface area contributed by atoms with Gasteiger partial charge in [-0.3, -0.25) is 4.79 Å². The molecule has 2 rings (SSSR count). The fourth-order valence-electron chi connectivity index (χ4n) is 2.77. The van der Waals surface area contributed by atoms with Crippen LogP contribution in [-0.2, 0) is 19.4 Å². The summed E-state index contributed by atoms with van der Waals surface area (Å²) in [6.45, 7) is 3.27. The normalized spacial score (nSPS) is 24.8. The number of ether oxygens (including phenoxy) is 1. The molecular weight excluding hydrogens is 443 g/mol. The number of rotatable bonds is 5. The Morgan fingerprint density at radius 1 is 1.38 bits per heavy atom. The van der Waals surface area contributed by atoms with Gasteiger partial charge in [0.15, 0.2) is 9.84 Å². The number of hydrogen-bond acceptors (Lipinski definition) is 5. The fourth-order valence-corrected chi connectivity index (χ4v) is 4.64. The van der Waals surface area contributed by atoms with E-state index in [1.807, 2.05) is 22.6 Å². The van der Waals surface area contributed by atoms with Gasteiger partial charge >= 0.3 is 0 Å². The third-order valence-corrected chi connectivity index (χ3v) is 8.18. The Kier molecular flexibility index (Phi) is 5.94. The van der Waals surface area contributed by atoms with E-state index in [0.717, 1.165) is 0 Å². The summed E-state index contributed by atoms with van der Waals surface area (Å²) in [5.41, 5.74) is 6.47. The van der Waals surface area contributed by atoms with Gasteiger partial charge in [0, 0.05) is 18.8 Å². The molecule has 0 spiro atoms. The van der Waals surface area contributed by atoms with Gasteiger partial charge in [0.1, 0.15) is 2.75 Å². The fraction of sp³-hybridized carbons (Fsp3) is 0.562. The Morgan fingerprint density at radius 2 is 2.04 bits per heavy atom. The predicted molar refractivity (Wildman–Crippen MR) is 102 cm³/mol. The van der Waals surface area contributed by atoms with Crippen molar-refractivity contribution in [3.05, 3.63) is 24.3 Å². The first-order chi connectivity index (χ1) is 11.1. The zero-order valence-corrected chi connectivity index (χ0v) is 16.9. The summed E-state index contributed by atoms with van der Waals surface area (Å²) < 4.78 is 29.4. The molecular formula is C16H23IN2O4S. The van der Waals surface area contributed by atoms with Gasteiger partial charge in [0.25, 0.3) is 0 Å². The minimum Gasteiger partial charge on any atom is -0.381 e. The van der Waals surface area contributed by atoms with Crippen LogP contribution in [0.4, 0.5) is 5.69 Å². The Balaban J connectivity index is 2.17. The minimum absolute atomic E-state index is 0.0118. The third-order valence-electron chi connectivity index (χ3n) is 4.29. The highest BCUT2D eigenvalue weighted by Crippen LogP contribution is 2.33. The quantitative estimate of drug-likeness (QED) is 0.513. The first-order valence-corrected chi connectivity index (χ1v) is 10.3. The van der Waals surface area contributed by atoms with Crippen LogP contribution in [0.3, 0.4) is 0 Å². The van der Waals surface area contributed by atoms with Gasteiger partial charge in [0.05, 0.1) is 16.9 Å². The summed E-state index contributed by atoms with van der Waals surface area (Å²) >= 11 is 1.89. The van der Waals surface area contributed by atoms with Crippen LogP contribution in [0.5, 0.6) is 0 Å². The molecule has 0 heterocycles. The predicted octanol–water partition coefficient (Wildman–Crippen LogP) is 2.32. The zero-order chi connectivity index (χ0) is 18.1. The summed E-state index contributed by atoms with van der Waals surface area (Å²) in [6, 6.07) is 6.06. The largest absolute Gasteiger partial charge is 0.381 e. The van der Waals surface area contributed by atoms with Gasteiger partial charge in [-0.05, 0) is 44.9 Å². The number of carbonyl (C=O) groups excluding carboxylic acids is 1. The number of halogens is 1. The number of sulfone groups is 1. The molecule has 1 saturated carbocycles. The van der Waals surface area contributed by atoms with Crippen LogP contribution in [0.15, 0.2) is 29.2 Å². The second kappa shape index (κ2) is 7.27. The van der Waals surface area contributed by atoms with Gasteiger partial charge in [-0.15, -0.1) is 0 Å². The Labute approximate surface area is 156 Å². The molecule has 0 aromatic heterocycles. The highest BCUT2D eigenvalue weighted by Gasteiger charge is 2.37. The van der Waals surface area contributed by atoms with Crippen molar-refractivity contribution >= 4 is 44.0 Å². The van der Waals surface area contributed by atoms with Crippen molar-refractivity contribution in [2.75, 3.05) is 12.4 Å². The van der Waals surface area contributed by atoms with Crippen molar-refractivity contribution in [2.24, 2.45) is 11.7 Å². The van der Waals surface area contributed by atoms with E-state index < -0.39 is 12.6 Å². The van der Waals surface area contributed by atoms with Crippen LogP contribution in [0.2, 0.25) is 0 Å². The first kappa shape index (κ1) is 19.6. The summed E-state index contributed by atoms with van der Waals surface area (Å²) in [5.74, 6) is -0.540. The molecule has 0 unspecified atom stereocenters. The van der Waals surface area contributed by atoms with Crippen molar-refractivity contribution in [3.8, 4) is 0 Å². The molecule has 0 radical (unpaired) electrons. The number of nitrogens with one attached hydrogen (secondary N) is 1. The summed E-state index contributed by atoms with van der Waals surface area (Å²) in [4.78, 5) is 12.6. The van der Waals surface area contributed by atoms with Crippen molar-refractivity contribution in [1.29, 1.82) is 0 Å². The topological polar surface area (TPSA) is 98.5 Å². The van der Waals surface area contributed by atoms with Gasteiger partial charge in [-0.25, -0.2) is 8.42 Å². The van der Waals surface area contributed by atoms with Crippen LogP contribution in [0.25, 0.3) is 0 Å². The summed E-state index contributed by atoms with van der Waals surface area (Å²) in [7, 11) is -1.88. The van der Waals surface area contributed by atoms with E-state index in [1.165, 1.54) is 12.1 Å². The molecule has 1 aliphatic rings. The molecule has 3 N–H and O–H groups in total. The number of hydrogen-bond donors (Lipinski definition) is 2. The molecule has 3 atom stereocenters. The molecule has 8 heteroatoms. The lowest BCUT2D eigenvalue weighted by Crippen LogP contribution is -2.34. The average molecular weight is 466 g/mol. The zero-order valence-electron chi connectivity index (χ0n) is 14.0. The molecule has 1 amide bonds. The monoisotopic (exact) mass is 466 g/mol. The summed E-state index contributed by atoms with van der Waals surface area (Å²) in [5, 5.41) is 2.78. The highest BCUT2D eigenvalue weighted by molar-refractivity contribution is 14.1. The standard InChI is InChI=1S/C16H23IN2O4S/c1-16(2,17)24(21,22)12-6-4-5-10(7-12)19-15(20)13-8-11(23-3)9-14(13)18/h4-7,11,13-14H,8-9,18H2,1-3H3,(H,19,20)/t11-,13+,14-/m1/s1. The second-order valence-corrected chi connectivity index (χ2v) is 12.4. The van der Waals surface area contributed by atoms with E-state index in [0.29, 0.717) is 18.5 Å². The number of anilines is 1. The van der Waals surface area contributed by atoms with E-state index in [1.54, 1.807) is 33.1 Å². The molecule has 24 heavy (non-hydrogen) atoms. The molecule has 0 aliphatic heterocycles. The first-order valence-electron chi connectivity index (χ1n) is 7.69. The number of methoxy groups -OCH3 is 1. The van der Waals surface area contributed by atoms with E-state index >= 15 is 0 Å². The van der Waals surface area contributed by atoms with Gasteiger partial charge < -0.3 is 15.8 Å². The lowest BCUT2D eigenvalue weighted by molar-refractivity contribution is -0.120. The maximum absolute atomic E-state index is 12.5. The van der Waals surface area contributed by atoms with Crippen LogP contribution in [-0.4, -0.2) is 36.3 Å². The van der Waals surface area contributed by atoms with Crippen molar-refractivity contribution in [1.82, 2.24) is 0 Å². The molecule has 1 aromatic rings. The number of carbonyl (C=O) groups is 1. The molecule has 1 aromatic carbocycles. The van der Waals surface area contributed by atoms with Crippen molar-refractivity contribution in [2.45, 2.75) is 46.5 Å². The molecule has 6 nitrogen and oxygen atoms in total. The number of alkyl halides is 1. The molecule has 0 bridgehead atoms. The van der Waals surface area contributed by atoms with E-state index in [-0.39, 0.29) is 28.9 Å². The second-order valence-electron chi connectivity index (χ2n) is 6.48.